The van der Waals surface area contributed by atoms with Gasteiger partial charge in [-0.2, -0.15) is 0 Å². The summed E-state index contributed by atoms with van der Waals surface area (Å²) in [5.41, 5.74) is 0.259. The molecule has 9 heteroatoms. The van der Waals surface area contributed by atoms with Gasteiger partial charge in [0.05, 0.1) is 27.0 Å². The zero-order chi connectivity index (χ0) is 17.9. The molecule has 2 rings (SSSR count). The molecule has 2 aromatic rings. The van der Waals surface area contributed by atoms with Crippen LogP contribution in [0.3, 0.4) is 0 Å². The van der Waals surface area contributed by atoms with Gasteiger partial charge in [-0.05, 0) is 36.4 Å². The topological polar surface area (TPSA) is 74.7 Å². The van der Waals surface area contributed by atoms with Crippen LogP contribution < -0.4 is 4.31 Å². The SMILES string of the molecule is O=C(O)CCN(c1cccc(Cl)c1)S(=O)(=O)c1ccc(Cl)c(Cl)c1. The maximum absolute atomic E-state index is 12.9. The van der Waals surface area contributed by atoms with Gasteiger partial charge in [0.15, 0.2) is 0 Å². The van der Waals surface area contributed by atoms with Gasteiger partial charge in [0, 0.05) is 11.6 Å². The molecule has 128 valence electrons. The number of benzene rings is 2. The van der Waals surface area contributed by atoms with Crippen LogP contribution >= 0.6 is 34.8 Å². The van der Waals surface area contributed by atoms with Gasteiger partial charge in [-0.15, -0.1) is 0 Å². The van der Waals surface area contributed by atoms with Gasteiger partial charge in [-0.3, -0.25) is 9.10 Å². The Morgan fingerprint density at radius 1 is 1.04 bits per heavy atom. The normalized spacial score (nSPS) is 11.3. The van der Waals surface area contributed by atoms with Gasteiger partial charge in [0.2, 0.25) is 0 Å². The second-order valence-electron chi connectivity index (χ2n) is 4.78. The van der Waals surface area contributed by atoms with Crippen molar-refractivity contribution in [2.75, 3.05) is 10.8 Å². The van der Waals surface area contributed by atoms with Crippen LogP contribution in [0.25, 0.3) is 0 Å². The van der Waals surface area contributed by atoms with Crippen molar-refractivity contribution in [3.8, 4) is 0 Å². The summed E-state index contributed by atoms with van der Waals surface area (Å²) in [5.74, 6) is -1.12. The molecule has 0 aliphatic carbocycles. The van der Waals surface area contributed by atoms with Gasteiger partial charge in [-0.1, -0.05) is 40.9 Å². The summed E-state index contributed by atoms with van der Waals surface area (Å²) >= 11 is 17.6. The van der Waals surface area contributed by atoms with Crippen molar-refractivity contribution in [1.29, 1.82) is 0 Å². The van der Waals surface area contributed by atoms with Crippen LogP contribution in [0.2, 0.25) is 15.1 Å². The molecule has 1 N–H and O–H groups in total. The number of carboxylic acid groups (broad SMARTS) is 1. The Morgan fingerprint density at radius 3 is 2.33 bits per heavy atom. The van der Waals surface area contributed by atoms with Crippen LogP contribution in [0.1, 0.15) is 6.42 Å². The Bertz CT molecular complexity index is 871. The molecule has 24 heavy (non-hydrogen) atoms. The first-order valence-corrected chi connectivity index (χ1v) is 9.24. The molecule has 0 spiro atoms. The minimum atomic E-state index is -4.04. The van der Waals surface area contributed by atoms with Crippen molar-refractivity contribution in [3.63, 3.8) is 0 Å². The predicted molar refractivity (Wildman–Crippen MR) is 94.7 cm³/mol. The summed E-state index contributed by atoms with van der Waals surface area (Å²) in [7, 11) is -4.04. The molecule has 0 saturated heterocycles. The summed E-state index contributed by atoms with van der Waals surface area (Å²) in [6.45, 7) is -0.252. The van der Waals surface area contributed by atoms with E-state index in [1.54, 1.807) is 12.1 Å². The molecule has 0 fully saturated rings. The first-order valence-electron chi connectivity index (χ1n) is 6.67. The Labute approximate surface area is 154 Å². The van der Waals surface area contributed by atoms with Crippen LogP contribution in [0.5, 0.6) is 0 Å². The second kappa shape index (κ2) is 7.61. The second-order valence-corrected chi connectivity index (χ2v) is 7.89. The van der Waals surface area contributed by atoms with Crippen molar-refractivity contribution < 1.29 is 18.3 Å². The van der Waals surface area contributed by atoms with Gasteiger partial charge in [0.1, 0.15) is 0 Å². The molecular formula is C15H12Cl3NO4S. The van der Waals surface area contributed by atoms with E-state index in [0.717, 1.165) is 4.31 Å². The minimum absolute atomic E-state index is 0.0852. The zero-order valence-electron chi connectivity index (χ0n) is 12.1. The summed E-state index contributed by atoms with van der Waals surface area (Å²) in [6, 6.07) is 10.0. The van der Waals surface area contributed by atoms with Crippen molar-refractivity contribution in [1.82, 2.24) is 0 Å². The van der Waals surface area contributed by atoms with Gasteiger partial charge < -0.3 is 5.11 Å². The van der Waals surface area contributed by atoms with E-state index >= 15 is 0 Å². The third-order valence-electron chi connectivity index (χ3n) is 3.10. The third kappa shape index (κ3) is 4.33. The number of carboxylic acids is 1. The summed E-state index contributed by atoms with van der Waals surface area (Å²) < 4.78 is 26.8. The lowest BCUT2D eigenvalue weighted by Crippen LogP contribution is -2.33. The fourth-order valence-corrected chi connectivity index (χ4v) is 4.01. The highest BCUT2D eigenvalue weighted by molar-refractivity contribution is 7.92. The van der Waals surface area contributed by atoms with Crippen molar-refractivity contribution in [3.05, 3.63) is 57.5 Å². The number of hydrogen-bond donors (Lipinski definition) is 1. The Balaban J connectivity index is 2.51. The van der Waals surface area contributed by atoms with Crippen molar-refractivity contribution in [2.24, 2.45) is 0 Å². The fraction of sp³-hybridized carbons (Fsp3) is 0.133. The molecule has 0 unspecified atom stereocenters. The van der Waals surface area contributed by atoms with E-state index in [1.807, 2.05) is 0 Å². The number of hydrogen-bond acceptors (Lipinski definition) is 3. The molecule has 5 nitrogen and oxygen atoms in total. The molecule has 0 saturated carbocycles. The first-order chi connectivity index (χ1) is 11.2. The average Bonchev–Trinajstić information content (AvgIpc) is 2.49. The number of sulfonamides is 1. The van der Waals surface area contributed by atoms with E-state index in [0.29, 0.717) is 5.02 Å². The highest BCUT2D eigenvalue weighted by Gasteiger charge is 2.26. The number of rotatable bonds is 6. The monoisotopic (exact) mass is 407 g/mol. The van der Waals surface area contributed by atoms with Gasteiger partial charge >= 0.3 is 5.97 Å². The van der Waals surface area contributed by atoms with Crippen molar-refractivity contribution in [2.45, 2.75) is 11.3 Å². The summed E-state index contributed by atoms with van der Waals surface area (Å²) in [4.78, 5) is 10.8. The minimum Gasteiger partial charge on any atom is -0.481 e. The highest BCUT2D eigenvalue weighted by atomic mass is 35.5. The number of carbonyl (C=O) groups is 1. The smallest absolute Gasteiger partial charge is 0.305 e. The molecule has 2 aromatic carbocycles. The fourth-order valence-electron chi connectivity index (χ4n) is 1.98. The average molecular weight is 409 g/mol. The van der Waals surface area contributed by atoms with Crippen LogP contribution in [0, 0.1) is 0 Å². The van der Waals surface area contributed by atoms with E-state index in [1.165, 1.54) is 30.3 Å². The molecule has 0 heterocycles. The maximum atomic E-state index is 12.9. The van der Waals surface area contributed by atoms with E-state index in [-0.39, 0.29) is 33.6 Å². The molecule has 0 amide bonds. The lowest BCUT2D eigenvalue weighted by Gasteiger charge is -2.24. The standard InChI is InChI=1S/C15H12Cl3NO4S/c16-10-2-1-3-11(8-10)19(7-6-15(20)21)24(22,23)12-4-5-13(17)14(18)9-12/h1-5,8-9H,6-7H2,(H,20,21). The van der Waals surface area contributed by atoms with Crippen molar-refractivity contribution >= 4 is 56.5 Å². The van der Waals surface area contributed by atoms with Gasteiger partial charge in [0.25, 0.3) is 10.0 Å². The number of nitrogens with zero attached hydrogens (tertiary/aromatic N) is 1. The van der Waals surface area contributed by atoms with Crippen LogP contribution in [-0.4, -0.2) is 26.0 Å². The number of aliphatic carboxylic acids is 1. The zero-order valence-corrected chi connectivity index (χ0v) is 15.2. The van der Waals surface area contributed by atoms with E-state index in [2.05, 4.69) is 0 Å². The van der Waals surface area contributed by atoms with E-state index in [4.69, 9.17) is 39.9 Å². The van der Waals surface area contributed by atoms with Crippen LogP contribution in [0.4, 0.5) is 5.69 Å². The first kappa shape index (κ1) is 18.9. The number of halogens is 3. The van der Waals surface area contributed by atoms with E-state index < -0.39 is 16.0 Å². The third-order valence-corrected chi connectivity index (χ3v) is 5.90. The Morgan fingerprint density at radius 2 is 1.75 bits per heavy atom. The van der Waals surface area contributed by atoms with E-state index in [9.17, 15) is 13.2 Å². The number of anilines is 1. The lowest BCUT2D eigenvalue weighted by atomic mass is 10.3. The molecule has 0 radical (unpaired) electrons. The Hall–Kier alpha value is -1.47. The summed E-state index contributed by atoms with van der Waals surface area (Å²) in [5, 5.41) is 9.53. The lowest BCUT2D eigenvalue weighted by molar-refractivity contribution is -0.136. The molecule has 0 aliphatic heterocycles. The Kier molecular flexibility index (Phi) is 5.98. The maximum Gasteiger partial charge on any atom is 0.305 e. The largest absolute Gasteiger partial charge is 0.481 e. The quantitative estimate of drug-likeness (QED) is 0.772. The molecular weight excluding hydrogens is 397 g/mol. The highest BCUT2D eigenvalue weighted by Crippen LogP contribution is 2.30. The molecule has 0 aliphatic rings. The van der Waals surface area contributed by atoms with Gasteiger partial charge in [-0.25, -0.2) is 8.42 Å². The molecule has 0 atom stereocenters. The van der Waals surface area contributed by atoms with Crippen LogP contribution in [-0.2, 0) is 14.8 Å². The molecule has 0 bridgehead atoms. The summed E-state index contributed by atoms with van der Waals surface area (Å²) in [6.07, 6.45) is -0.368. The molecule has 0 aromatic heterocycles. The van der Waals surface area contributed by atoms with Crippen LogP contribution in [0.15, 0.2) is 47.4 Å². The predicted octanol–water partition coefficient (Wildman–Crippen LogP) is 4.32.